The number of hydrogen-bond donors (Lipinski definition) is 1. The second-order valence-electron chi connectivity index (χ2n) is 6.30. The number of amides is 2. The monoisotopic (exact) mass is 352 g/mol. The topological polar surface area (TPSA) is 58.6 Å². The number of halogens is 1. The molecule has 1 aliphatic rings. The molecule has 1 aromatic carbocycles. The van der Waals surface area contributed by atoms with Gasteiger partial charge in [0.2, 0.25) is 11.8 Å². The van der Waals surface area contributed by atoms with Crippen LogP contribution in [0.4, 0.5) is 0 Å². The van der Waals surface area contributed by atoms with Crippen LogP contribution >= 0.6 is 11.6 Å². The van der Waals surface area contributed by atoms with Crippen molar-refractivity contribution in [3.05, 3.63) is 34.9 Å². The van der Waals surface area contributed by atoms with Gasteiger partial charge in [0.15, 0.2) is 0 Å². The molecule has 0 radical (unpaired) electrons. The Bertz CT molecular complexity index is 576. The summed E-state index contributed by atoms with van der Waals surface area (Å²) in [5.74, 6) is -0.0425. The van der Waals surface area contributed by atoms with E-state index in [0.29, 0.717) is 44.0 Å². The van der Waals surface area contributed by atoms with Crippen molar-refractivity contribution in [3.63, 3.8) is 0 Å². The minimum Gasteiger partial charge on any atom is -0.385 e. The summed E-state index contributed by atoms with van der Waals surface area (Å²) >= 11 is 5.89. The van der Waals surface area contributed by atoms with Gasteiger partial charge in [0.1, 0.15) is 5.54 Å². The van der Waals surface area contributed by atoms with Crippen molar-refractivity contribution in [3.8, 4) is 0 Å². The summed E-state index contributed by atoms with van der Waals surface area (Å²) in [4.78, 5) is 26.5. The summed E-state index contributed by atoms with van der Waals surface area (Å²) < 4.78 is 4.98. The van der Waals surface area contributed by atoms with E-state index in [1.54, 1.807) is 12.0 Å². The first-order valence-electron chi connectivity index (χ1n) is 8.29. The summed E-state index contributed by atoms with van der Waals surface area (Å²) in [5.41, 5.74) is 0.332. The van der Waals surface area contributed by atoms with Gasteiger partial charge < -0.3 is 15.0 Å². The van der Waals surface area contributed by atoms with Crippen molar-refractivity contribution in [1.29, 1.82) is 0 Å². The smallest absolute Gasteiger partial charge is 0.245 e. The van der Waals surface area contributed by atoms with E-state index in [2.05, 4.69) is 5.32 Å². The zero-order valence-electron chi connectivity index (χ0n) is 14.3. The quantitative estimate of drug-likeness (QED) is 0.731. The number of ether oxygens (including phenoxy) is 1. The molecule has 6 heteroatoms. The third-order valence-electron chi connectivity index (χ3n) is 4.56. The van der Waals surface area contributed by atoms with Gasteiger partial charge in [-0.05, 0) is 43.9 Å². The first-order chi connectivity index (χ1) is 11.5. The van der Waals surface area contributed by atoms with Crippen LogP contribution in [0.25, 0.3) is 0 Å². The summed E-state index contributed by atoms with van der Waals surface area (Å²) in [6.07, 6.45) is 2.44. The van der Waals surface area contributed by atoms with Gasteiger partial charge in [-0.1, -0.05) is 23.7 Å². The lowest BCUT2D eigenvalue weighted by Crippen LogP contribution is -2.55. The van der Waals surface area contributed by atoms with Gasteiger partial charge in [-0.3, -0.25) is 9.59 Å². The van der Waals surface area contributed by atoms with Crippen molar-refractivity contribution in [2.45, 2.75) is 38.1 Å². The van der Waals surface area contributed by atoms with Crippen LogP contribution in [0.3, 0.4) is 0 Å². The van der Waals surface area contributed by atoms with Gasteiger partial charge >= 0.3 is 0 Å². The number of nitrogens with one attached hydrogen (secondary N) is 1. The maximum absolute atomic E-state index is 12.6. The molecule has 1 fully saturated rings. The molecule has 0 aromatic heterocycles. The highest BCUT2D eigenvalue weighted by molar-refractivity contribution is 6.30. The molecule has 1 aliphatic heterocycles. The van der Waals surface area contributed by atoms with E-state index in [0.717, 1.165) is 12.0 Å². The van der Waals surface area contributed by atoms with Gasteiger partial charge in [-0.25, -0.2) is 0 Å². The molecule has 1 unspecified atom stereocenters. The Morgan fingerprint density at radius 3 is 2.75 bits per heavy atom. The van der Waals surface area contributed by atoms with E-state index in [4.69, 9.17) is 16.3 Å². The van der Waals surface area contributed by atoms with Crippen molar-refractivity contribution in [1.82, 2.24) is 10.2 Å². The predicted molar refractivity (Wildman–Crippen MR) is 94.0 cm³/mol. The van der Waals surface area contributed by atoms with E-state index >= 15 is 0 Å². The van der Waals surface area contributed by atoms with Gasteiger partial charge in [-0.2, -0.15) is 0 Å². The van der Waals surface area contributed by atoms with E-state index in [1.165, 1.54) is 0 Å². The molecule has 0 aliphatic carbocycles. The molecular formula is C18H25ClN2O3. The second kappa shape index (κ2) is 8.49. The number of benzene rings is 1. The van der Waals surface area contributed by atoms with Crippen LogP contribution in [-0.2, 0) is 20.7 Å². The minimum atomic E-state index is -0.767. The average Bonchev–Trinajstić information content (AvgIpc) is 2.87. The maximum atomic E-state index is 12.6. The molecule has 2 rings (SSSR count). The van der Waals surface area contributed by atoms with Crippen LogP contribution in [-0.4, -0.2) is 49.1 Å². The molecule has 1 heterocycles. The summed E-state index contributed by atoms with van der Waals surface area (Å²) in [7, 11) is 1.64. The molecule has 0 spiro atoms. The van der Waals surface area contributed by atoms with Crippen LogP contribution in [0, 0.1) is 0 Å². The Morgan fingerprint density at radius 2 is 2.08 bits per heavy atom. The second-order valence-corrected chi connectivity index (χ2v) is 6.73. The Hall–Kier alpha value is -1.59. The van der Waals surface area contributed by atoms with Crippen LogP contribution in [0.1, 0.15) is 31.7 Å². The molecule has 0 saturated carbocycles. The third-order valence-corrected chi connectivity index (χ3v) is 4.81. The number of methoxy groups -OCH3 is 1. The molecule has 0 bridgehead atoms. The average molecular weight is 353 g/mol. The van der Waals surface area contributed by atoms with E-state index in [9.17, 15) is 9.59 Å². The summed E-state index contributed by atoms with van der Waals surface area (Å²) in [6.45, 7) is 3.55. The van der Waals surface area contributed by atoms with Crippen molar-refractivity contribution >= 4 is 23.4 Å². The number of carbonyl (C=O) groups excluding carboxylic acids is 2. The number of nitrogens with zero attached hydrogens (tertiary/aromatic N) is 1. The number of likely N-dealkylation sites (tertiary alicyclic amines) is 1. The van der Waals surface area contributed by atoms with Crippen LogP contribution in [0.15, 0.2) is 24.3 Å². The lowest BCUT2D eigenvalue weighted by molar-refractivity contribution is -0.140. The number of rotatable bonds is 8. The van der Waals surface area contributed by atoms with Gasteiger partial charge in [0.25, 0.3) is 0 Å². The molecule has 132 valence electrons. The molecule has 1 aromatic rings. The van der Waals surface area contributed by atoms with Crippen molar-refractivity contribution in [2.24, 2.45) is 0 Å². The van der Waals surface area contributed by atoms with E-state index < -0.39 is 5.54 Å². The van der Waals surface area contributed by atoms with Crippen LogP contribution in [0.5, 0.6) is 0 Å². The molecule has 2 amide bonds. The SMILES string of the molecule is COCCCNC(=O)C1(C)CCC(=O)N1CCc1ccc(Cl)cc1. The zero-order chi connectivity index (χ0) is 17.6. The highest BCUT2D eigenvalue weighted by Crippen LogP contribution is 2.30. The highest BCUT2D eigenvalue weighted by Gasteiger charge is 2.46. The van der Waals surface area contributed by atoms with E-state index in [-0.39, 0.29) is 11.8 Å². The first kappa shape index (κ1) is 18.7. The summed E-state index contributed by atoms with van der Waals surface area (Å²) in [5, 5.41) is 3.62. The highest BCUT2D eigenvalue weighted by atomic mass is 35.5. The lowest BCUT2D eigenvalue weighted by Gasteiger charge is -2.34. The Morgan fingerprint density at radius 1 is 1.38 bits per heavy atom. The number of carbonyl (C=O) groups is 2. The fraction of sp³-hybridized carbons (Fsp3) is 0.556. The Kier molecular flexibility index (Phi) is 6.63. The van der Waals surface area contributed by atoms with Gasteiger partial charge in [0.05, 0.1) is 0 Å². The van der Waals surface area contributed by atoms with Crippen LogP contribution < -0.4 is 5.32 Å². The Labute approximate surface area is 148 Å². The first-order valence-corrected chi connectivity index (χ1v) is 8.67. The molecule has 1 saturated heterocycles. The van der Waals surface area contributed by atoms with Gasteiger partial charge in [-0.15, -0.1) is 0 Å². The van der Waals surface area contributed by atoms with E-state index in [1.807, 2.05) is 31.2 Å². The fourth-order valence-corrected chi connectivity index (χ4v) is 3.13. The fourth-order valence-electron chi connectivity index (χ4n) is 3.00. The lowest BCUT2D eigenvalue weighted by atomic mass is 9.97. The number of hydrogen-bond acceptors (Lipinski definition) is 3. The minimum absolute atomic E-state index is 0.0403. The zero-order valence-corrected chi connectivity index (χ0v) is 15.1. The largest absolute Gasteiger partial charge is 0.385 e. The Balaban J connectivity index is 1.96. The maximum Gasteiger partial charge on any atom is 0.245 e. The standard InChI is InChI=1S/C18H25ClN2O3/c1-18(17(23)20-11-3-13-24-2)10-8-16(22)21(18)12-9-14-4-6-15(19)7-5-14/h4-7H,3,8-13H2,1-2H3,(H,20,23). The molecular weight excluding hydrogens is 328 g/mol. The van der Waals surface area contributed by atoms with Gasteiger partial charge in [0, 0.05) is 38.2 Å². The van der Waals surface area contributed by atoms with Crippen molar-refractivity contribution < 1.29 is 14.3 Å². The van der Waals surface area contributed by atoms with Crippen molar-refractivity contribution in [2.75, 3.05) is 26.8 Å². The molecule has 1 N–H and O–H groups in total. The molecule has 1 atom stereocenters. The third kappa shape index (κ3) is 4.48. The predicted octanol–water partition coefficient (Wildman–Crippen LogP) is 2.42. The normalized spacial score (nSPS) is 20.5. The molecule has 5 nitrogen and oxygen atoms in total. The molecule has 24 heavy (non-hydrogen) atoms. The summed E-state index contributed by atoms with van der Waals surface area (Å²) in [6, 6.07) is 7.57. The van der Waals surface area contributed by atoms with Crippen LogP contribution in [0.2, 0.25) is 5.02 Å².